The Kier molecular flexibility index (Phi) is 7.29. The van der Waals surface area contributed by atoms with Crippen molar-refractivity contribution in [3.05, 3.63) is 29.8 Å². The van der Waals surface area contributed by atoms with E-state index in [4.69, 9.17) is 9.94 Å². The molecule has 1 rings (SSSR count). The molecule has 1 amide bonds. The van der Waals surface area contributed by atoms with Crippen LogP contribution in [0.1, 0.15) is 39.2 Å². The number of carbonyl (C=O) groups is 1. The minimum Gasteiger partial charge on any atom is -0.483 e. The van der Waals surface area contributed by atoms with Crippen molar-refractivity contribution in [2.24, 2.45) is 11.1 Å². The fourth-order valence-electron chi connectivity index (χ4n) is 1.84. The van der Waals surface area contributed by atoms with E-state index in [0.29, 0.717) is 35.9 Å². The first-order chi connectivity index (χ1) is 10.1. The first-order valence-electron chi connectivity index (χ1n) is 7.28. The van der Waals surface area contributed by atoms with Gasteiger partial charge < -0.3 is 15.3 Å². The average Bonchev–Trinajstić information content (AvgIpc) is 2.47. The van der Waals surface area contributed by atoms with Crippen LogP contribution in [0, 0.1) is 5.92 Å². The number of ether oxygens (including phenoxy) is 1. The lowest BCUT2D eigenvalue weighted by atomic mass is 10.1. The van der Waals surface area contributed by atoms with E-state index in [9.17, 15) is 4.79 Å². The highest BCUT2D eigenvalue weighted by atomic mass is 16.5. The fraction of sp³-hybridized carbons (Fsp3) is 0.500. The lowest BCUT2D eigenvalue weighted by molar-refractivity contribution is -0.123. The van der Waals surface area contributed by atoms with Crippen LogP contribution in [0.2, 0.25) is 0 Å². The lowest BCUT2D eigenvalue weighted by Gasteiger charge is -2.12. The SMILES string of the molecule is CCC(=NO)c1ccccc1OCC(=O)NCCC(C)C. The number of nitrogens with zero attached hydrogens (tertiary/aromatic N) is 1. The Balaban J connectivity index is 2.57. The molecule has 0 bridgehead atoms. The second-order valence-corrected chi connectivity index (χ2v) is 5.22. The number of carbonyl (C=O) groups excluding carboxylic acids is 1. The van der Waals surface area contributed by atoms with Crippen molar-refractivity contribution in [1.82, 2.24) is 5.32 Å². The number of para-hydroxylation sites is 1. The lowest BCUT2D eigenvalue weighted by Crippen LogP contribution is -2.30. The number of nitrogens with one attached hydrogen (secondary N) is 1. The number of rotatable bonds is 8. The second-order valence-electron chi connectivity index (χ2n) is 5.22. The molecule has 0 aliphatic carbocycles. The van der Waals surface area contributed by atoms with Crippen molar-refractivity contribution in [2.45, 2.75) is 33.6 Å². The average molecular weight is 292 g/mol. The van der Waals surface area contributed by atoms with Gasteiger partial charge in [0.15, 0.2) is 6.61 Å². The van der Waals surface area contributed by atoms with Crippen LogP contribution in [-0.2, 0) is 4.79 Å². The number of benzene rings is 1. The van der Waals surface area contributed by atoms with E-state index in [1.807, 2.05) is 25.1 Å². The zero-order valence-corrected chi connectivity index (χ0v) is 12.9. The van der Waals surface area contributed by atoms with E-state index in [-0.39, 0.29) is 12.5 Å². The van der Waals surface area contributed by atoms with E-state index in [2.05, 4.69) is 24.3 Å². The molecule has 0 saturated heterocycles. The highest BCUT2D eigenvalue weighted by Gasteiger charge is 2.10. The Bertz CT molecular complexity index is 484. The number of hydrogen-bond acceptors (Lipinski definition) is 4. The third-order valence-corrected chi connectivity index (χ3v) is 3.06. The van der Waals surface area contributed by atoms with E-state index < -0.39 is 0 Å². The molecule has 0 heterocycles. The molecule has 1 aromatic rings. The minimum atomic E-state index is -0.149. The van der Waals surface area contributed by atoms with Crippen LogP contribution >= 0.6 is 0 Å². The number of hydrogen-bond donors (Lipinski definition) is 2. The molecule has 0 radical (unpaired) electrons. The largest absolute Gasteiger partial charge is 0.483 e. The molecule has 116 valence electrons. The molecular formula is C16H24N2O3. The van der Waals surface area contributed by atoms with Gasteiger partial charge in [-0.15, -0.1) is 0 Å². The van der Waals surface area contributed by atoms with Gasteiger partial charge in [0, 0.05) is 12.1 Å². The van der Waals surface area contributed by atoms with Gasteiger partial charge in [0.05, 0.1) is 5.71 Å². The third-order valence-electron chi connectivity index (χ3n) is 3.06. The molecular weight excluding hydrogens is 268 g/mol. The van der Waals surface area contributed by atoms with Gasteiger partial charge in [-0.05, 0) is 30.9 Å². The number of amides is 1. The fourth-order valence-corrected chi connectivity index (χ4v) is 1.84. The summed E-state index contributed by atoms with van der Waals surface area (Å²) in [7, 11) is 0. The first-order valence-corrected chi connectivity index (χ1v) is 7.28. The highest BCUT2D eigenvalue weighted by molar-refractivity contribution is 6.02. The van der Waals surface area contributed by atoms with Crippen LogP contribution in [0.5, 0.6) is 5.75 Å². The Labute approximate surface area is 126 Å². The third kappa shape index (κ3) is 5.85. The highest BCUT2D eigenvalue weighted by Crippen LogP contribution is 2.20. The van der Waals surface area contributed by atoms with Crippen LogP contribution in [0.15, 0.2) is 29.4 Å². The van der Waals surface area contributed by atoms with E-state index in [0.717, 1.165) is 6.42 Å². The Hall–Kier alpha value is -2.04. The quantitative estimate of drug-likeness (QED) is 0.440. The van der Waals surface area contributed by atoms with Gasteiger partial charge in [-0.25, -0.2) is 0 Å². The van der Waals surface area contributed by atoms with Gasteiger partial charge in [0.1, 0.15) is 5.75 Å². The van der Waals surface area contributed by atoms with E-state index >= 15 is 0 Å². The standard InChI is InChI=1S/C16H24N2O3/c1-4-14(18-20)13-7-5-6-8-15(13)21-11-16(19)17-10-9-12(2)3/h5-8,12,20H,4,9-11H2,1-3H3,(H,17,19). The maximum absolute atomic E-state index is 11.7. The summed E-state index contributed by atoms with van der Waals surface area (Å²) in [5.74, 6) is 0.954. The molecule has 0 aliphatic heterocycles. The molecule has 0 saturated carbocycles. The van der Waals surface area contributed by atoms with E-state index in [1.54, 1.807) is 6.07 Å². The van der Waals surface area contributed by atoms with Crippen LogP contribution in [0.4, 0.5) is 0 Å². The summed E-state index contributed by atoms with van der Waals surface area (Å²) in [5.41, 5.74) is 1.24. The Morgan fingerprint density at radius 3 is 2.71 bits per heavy atom. The van der Waals surface area contributed by atoms with Gasteiger partial charge in [-0.1, -0.05) is 38.1 Å². The Morgan fingerprint density at radius 2 is 2.10 bits per heavy atom. The molecule has 5 heteroatoms. The van der Waals surface area contributed by atoms with Crippen molar-refractivity contribution in [1.29, 1.82) is 0 Å². The topological polar surface area (TPSA) is 70.9 Å². The molecule has 0 atom stereocenters. The van der Waals surface area contributed by atoms with Gasteiger partial charge in [0.25, 0.3) is 5.91 Å². The minimum absolute atomic E-state index is 0.0441. The maximum Gasteiger partial charge on any atom is 0.257 e. The van der Waals surface area contributed by atoms with Crippen molar-refractivity contribution in [3.63, 3.8) is 0 Å². The summed E-state index contributed by atoms with van der Waals surface area (Å²) in [6.45, 7) is 6.72. The van der Waals surface area contributed by atoms with Crippen LogP contribution in [0.3, 0.4) is 0 Å². The van der Waals surface area contributed by atoms with Crippen molar-refractivity contribution >= 4 is 11.6 Å². The second kappa shape index (κ2) is 9.00. The molecule has 21 heavy (non-hydrogen) atoms. The monoisotopic (exact) mass is 292 g/mol. The van der Waals surface area contributed by atoms with Gasteiger partial charge in [0.2, 0.25) is 0 Å². The molecule has 0 fully saturated rings. The van der Waals surface area contributed by atoms with Gasteiger partial charge >= 0.3 is 0 Å². The smallest absolute Gasteiger partial charge is 0.257 e. The summed E-state index contributed by atoms with van der Waals surface area (Å²) in [4.78, 5) is 11.7. The van der Waals surface area contributed by atoms with Crippen molar-refractivity contribution < 1.29 is 14.7 Å². The molecule has 5 nitrogen and oxygen atoms in total. The Morgan fingerprint density at radius 1 is 1.38 bits per heavy atom. The van der Waals surface area contributed by atoms with Crippen molar-refractivity contribution in [2.75, 3.05) is 13.2 Å². The van der Waals surface area contributed by atoms with Crippen LogP contribution < -0.4 is 10.1 Å². The predicted molar refractivity (Wildman–Crippen MR) is 83.0 cm³/mol. The number of oxime groups is 1. The molecule has 1 aromatic carbocycles. The maximum atomic E-state index is 11.7. The summed E-state index contributed by atoms with van der Waals surface area (Å²) < 4.78 is 5.54. The predicted octanol–water partition coefficient (Wildman–Crippen LogP) is 2.82. The van der Waals surface area contributed by atoms with Crippen LogP contribution in [-0.4, -0.2) is 30.0 Å². The summed E-state index contributed by atoms with van der Waals surface area (Å²) in [6, 6.07) is 7.23. The first kappa shape index (κ1) is 17.0. The molecule has 0 unspecified atom stereocenters. The van der Waals surface area contributed by atoms with Gasteiger partial charge in [-0.2, -0.15) is 0 Å². The normalized spacial score (nSPS) is 11.5. The zero-order valence-electron chi connectivity index (χ0n) is 12.9. The van der Waals surface area contributed by atoms with Crippen LogP contribution in [0.25, 0.3) is 0 Å². The molecule has 0 aromatic heterocycles. The van der Waals surface area contributed by atoms with Gasteiger partial charge in [-0.3, -0.25) is 4.79 Å². The van der Waals surface area contributed by atoms with E-state index in [1.165, 1.54) is 0 Å². The summed E-state index contributed by atoms with van der Waals surface area (Å²) in [5, 5.41) is 15.1. The molecule has 0 spiro atoms. The zero-order chi connectivity index (χ0) is 15.7. The molecule has 2 N–H and O–H groups in total. The summed E-state index contributed by atoms with van der Waals surface area (Å²) >= 11 is 0. The van der Waals surface area contributed by atoms with Crippen molar-refractivity contribution in [3.8, 4) is 5.75 Å². The molecule has 0 aliphatic rings. The summed E-state index contributed by atoms with van der Waals surface area (Å²) in [6.07, 6.45) is 1.52.